The van der Waals surface area contributed by atoms with Gasteiger partial charge in [-0.1, -0.05) is 49.6 Å². The number of hydrogen-bond acceptors (Lipinski definition) is 3. The Kier molecular flexibility index (Phi) is 6.02. The lowest BCUT2D eigenvalue weighted by atomic mass is 9.98. The third-order valence-corrected chi connectivity index (χ3v) is 3.75. The molecule has 0 radical (unpaired) electrons. The summed E-state index contributed by atoms with van der Waals surface area (Å²) < 4.78 is 5.76. The number of benzene rings is 1. The summed E-state index contributed by atoms with van der Waals surface area (Å²) in [7, 11) is 0. The van der Waals surface area contributed by atoms with Gasteiger partial charge in [-0.05, 0) is 18.4 Å². The van der Waals surface area contributed by atoms with Crippen molar-refractivity contribution in [2.24, 2.45) is 5.73 Å². The summed E-state index contributed by atoms with van der Waals surface area (Å²) >= 11 is 0. The predicted octanol–water partition coefficient (Wildman–Crippen LogP) is 2.15. The van der Waals surface area contributed by atoms with Crippen molar-refractivity contribution in [2.45, 2.75) is 44.2 Å². The molecule has 0 spiro atoms. The highest BCUT2D eigenvalue weighted by Crippen LogP contribution is 2.19. The van der Waals surface area contributed by atoms with Crippen LogP contribution in [-0.2, 0) is 9.53 Å². The second-order valence-corrected chi connectivity index (χ2v) is 5.31. The topological polar surface area (TPSA) is 64.4 Å². The molecule has 1 atom stereocenters. The predicted molar refractivity (Wildman–Crippen MR) is 79.2 cm³/mol. The standard InChI is InChI=1S/C16H24N2O2/c17-15(13-7-3-1-4-8-13)16(19)18-11-12-20-14-9-5-2-6-10-14/h1,3-4,7-8,14-15H,2,5-6,9-12,17H2,(H,18,19). The first-order valence-electron chi connectivity index (χ1n) is 7.47. The van der Waals surface area contributed by atoms with E-state index in [1.54, 1.807) is 0 Å². The van der Waals surface area contributed by atoms with Gasteiger partial charge in [-0.3, -0.25) is 4.79 Å². The van der Waals surface area contributed by atoms with Gasteiger partial charge in [0.25, 0.3) is 0 Å². The Labute approximate surface area is 120 Å². The summed E-state index contributed by atoms with van der Waals surface area (Å²) in [6, 6.07) is 8.80. The molecular formula is C16H24N2O2. The molecular weight excluding hydrogens is 252 g/mol. The average Bonchev–Trinajstić information content (AvgIpc) is 2.52. The van der Waals surface area contributed by atoms with Crippen LogP contribution < -0.4 is 11.1 Å². The van der Waals surface area contributed by atoms with Gasteiger partial charge in [-0.15, -0.1) is 0 Å². The second-order valence-electron chi connectivity index (χ2n) is 5.31. The lowest BCUT2D eigenvalue weighted by Gasteiger charge is -2.22. The molecule has 20 heavy (non-hydrogen) atoms. The zero-order valence-electron chi connectivity index (χ0n) is 11.9. The van der Waals surface area contributed by atoms with Crippen molar-refractivity contribution in [3.8, 4) is 0 Å². The van der Waals surface area contributed by atoms with Gasteiger partial charge in [0.1, 0.15) is 6.04 Å². The molecule has 1 aliphatic carbocycles. The lowest BCUT2D eigenvalue weighted by molar-refractivity contribution is -0.122. The van der Waals surface area contributed by atoms with Gasteiger partial charge in [0.05, 0.1) is 12.7 Å². The minimum Gasteiger partial charge on any atom is -0.376 e. The smallest absolute Gasteiger partial charge is 0.241 e. The van der Waals surface area contributed by atoms with E-state index in [2.05, 4.69) is 5.32 Å². The first-order valence-corrected chi connectivity index (χ1v) is 7.47. The largest absolute Gasteiger partial charge is 0.376 e. The molecule has 4 nitrogen and oxygen atoms in total. The van der Waals surface area contributed by atoms with Crippen LogP contribution in [0.15, 0.2) is 30.3 Å². The summed E-state index contributed by atoms with van der Waals surface area (Å²) in [5, 5.41) is 2.83. The molecule has 0 heterocycles. The Hall–Kier alpha value is -1.39. The quantitative estimate of drug-likeness (QED) is 0.783. The van der Waals surface area contributed by atoms with Gasteiger partial charge >= 0.3 is 0 Å². The monoisotopic (exact) mass is 276 g/mol. The van der Waals surface area contributed by atoms with Crippen LogP contribution in [0.2, 0.25) is 0 Å². The number of amides is 1. The zero-order valence-corrected chi connectivity index (χ0v) is 11.9. The summed E-state index contributed by atoms with van der Waals surface area (Å²) in [5.41, 5.74) is 6.74. The van der Waals surface area contributed by atoms with Crippen molar-refractivity contribution >= 4 is 5.91 Å². The van der Waals surface area contributed by atoms with Gasteiger partial charge in [-0.25, -0.2) is 0 Å². The molecule has 0 saturated heterocycles. The number of rotatable bonds is 6. The Morgan fingerprint density at radius 2 is 1.95 bits per heavy atom. The minimum absolute atomic E-state index is 0.150. The van der Waals surface area contributed by atoms with Crippen LogP contribution in [0.1, 0.15) is 43.7 Å². The van der Waals surface area contributed by atoms with E-state index in [0.717, 1.165) is 18.4 Å². The van der Waals surface area contributed by atoms with Crippen LogP contribution in [0.4, 0.5) is 0 Å². The SMILES string of the molecule is NC(C(=O)NCCOC1CCCCC1)c1ccccc1. The van der Waals surface area contributed by atoms with Gasteiger partial charge in [0, 0.05) is 6.54 Å². The fourth-order valence-electron chi connectivity index (χ4n) is 2.55. The van der Waals surface area contributed by atoms with E-state index in [0.29, 0.717) is 19.3 Å². The van der Waals surface area contributed by atoms with E-state index in [1.807, 2.05) is 30.3 Å². The van der Waals surface area contributed by atoms with Crippen LogP contribution in [0.25, 0.3) is 0 Å². The molecule has 1 amide bonds. The highest BCUT2D eigenvalue weighted by molar-refractivity contribution is 5.82. The Morgan fingerprint density at radius 3 is 2.65 bits per heavy atom. The molecule has 0 aliphatic heterocycles. The maximum absolute atomic E-state index is 11.9. The molecule has 0 aromatic heterocycles. The maximum atomic E-state index is 11.9. The van der Waals surface area contributed by atoms with E-state index in [4.69, 9.17) is 10.5 Å². The molecule has 1 aliphatic rings. The van der Waals surface area contributed by atoms with E-state index in [1.165, 1.54) is 19.3 Å². The summed E-state index contributed by atoms with van der Waals surface area (Å²) in [5.74, 6) is -0.150. The number of nitrogens with one attached hydrogen (secondary N) is 1. The first kappa shape index (κ1) is 15.0. The normalized spacial score (nSPS) is 17.6. The third kappa shape index (κ3) is 4.62. The number of ether oxygens (including phenoxy) is 1. The molecule has 1 saturated carbocycles. The summed E-state index contributed by atoms with van der Waals surface area (Å²) in [6.45, 7) is 1.09. The van der Waals surface area contributed by atoms with Gasteiger partial charge < -0.3 is 15.8 Å². The van der Waals surface area contributed by atoms with Gasteiger partial charge in [-0.2, -0.15) is 0 Å². The number of carbonyl (C=O) groups excluding carboxylic acids is 1. The van der Waals surface area contributed by atoms with Crippen molar-refractivity contribution in [3.63, 3.8) is 0 Å². The van der Waals surface area contributed by atoms with Crippen molar-refractivity contribution < 1.29 is 9.53 Å². The van der Waals surface area contributed by atoms with Crippen LogP contribution >= 0.6 is 0 Å². The molecule has 2 rings (SSSR count). The fraction of sp³-hybridized carbons (Fsp3) is 0.562. The first-order chi connectivity index (χ1) is 9.77. The highest BCUT2D eigenvalue weighted by Gasteiger charge is 2.16. The maximum Gasteiger partial charge on any atom is 0.241 e. The van der Waals surface area contributed by atoms with Crippen LogP contribution in [0.3, 0.4) is 0 Å². The Bertz CT molecular complexity index is 402. The van der Waals surface area contributed by atoms with Crippen molar-refractivity contribution in [1.82, 2.24) is 5.32 Å². The van der Waals surface area contributed by atoms with Crippen LogP contribution in [0.5, 0.6) is 0 Å². The van der Waals surface area contributed by atoms with Crippen LogP contribution in [-0.4, -0.2) is 25.2 Å². The molecule has 3 N–H and O–H groups in total. The van der Waals surface area contributed by atoms with E-state index >= 15 is 0 Å². The zero-order chi connectivity index (χ0) is 14.2. The van der Waals surface area contributed by atoms with Crippen molar-refractivity contribution in [3.05, 3.63) is 35.9 Å². The Morgan fingerprint density at radius 1 is 1.25 bits per heavy atom. The molecule has 1 unspecified atom stereocenters. The minimum atomic E-state index is -0.606. The lowest BCUT2D eigenvalue weighted by Crippen LogP contribution is -2.36. The van der Waals surface area contributed by atoms with Crippen molar-refractivity contribution in [1.29, 1.82) is 0 Å². The Balaban J connectivity index is 1.64. The van der Waals surface area contributed by atoms with E-state index in [-0.39, 0.29) is 5.91 Å². The molecule has 4 heteroatoms. The summed E-state index contributed by atoms with van der Waals surface area (Å²) in [6.07, 6.45) is 6.52. The van der Waals surface area contributed by atoms with E-state index in [9.17, 15) is 4.79 Å². The molecule has 1 aromatic rings. The summed E-state index contributed by atoms with van der Waals surface area (Å²) in [4.78, 5) is 11.9. The molecule has 0 bridgehead atoms. The van der Waals surface area contributed by atoms with E-state index < -0.39 is 6.04 Å². The van der Waals surface area contributed by atoms with Crippen molar-refractivity contribution in [2.75, 3.05) is 13.2 Å². The van der Waals surface area contributed by atoms with Gasteiger partial charge in [0.15, 0.2) is 0 Å². The second kappa shape index (κ2) is 8.02. The number of carbonyl (C=O) groups is 1. The fourth-order valence-corrected chi connectivity index (χ4v) is 2.55. The van der Waals surface area contributed by atoms with Crippen LogP contribution in [0, 0.1) is 0 Å². The molecule has 110 valence electrons. The molecule has 1 fully saturated rings. The average molecular weight is 276 g/mol. The third-order valence-electron chi connectivity index (χ3n) is 3.75. The molecule has 1 aromatic carbocycles. The number of nitrogens with two attached hydrogens (primary N) is 1. The van der Waals surface area contributed by atoms with Gasteiger partial charge in [0.2, 0.25) is 5.91 Å². The highest BCUT2D eigenvalue weighted by atomic mass is 16.5. The number of hydrogen-bond donors (Lipinski definition) is 2.